The van der Waals surface area contributed by atoms with Gasteiger partial charge >= 0.3 is 29.6 Å². The molecule has 0 saturated carbocycles. The van der Waals surface area contributed by atoms with Crippen LogP contribution in [0.4, 0.5) is 0 Å². The minimum atomic E-state index is -4.89. The van der Waals surface area contributed by atoms with Crippen LogP contribution in [0.25, 0.3) is 0 Å². The fourth-order valence-corrected chi connectivity index (χ4v) is 0. The number of hydrogen-bond acceptors (Lipinski definition) is 4. The smallest absolute Gasteiger partial charge is 0.756 e. The summed E-state index contributed by atoms with van der Waals surface area (Å²) in [5, 5.41) is 0. The monoisotopic (exact) mass is 197 g/mol. The summed E-state index contributed by atoms with van der Waals surface area (Å²) in [7, 11) is -4.89. The van der Waals surface area contributed by atoms with E-state index in [1.54, 1.807) is 0 Å². The molecular formula is C2H9NNaO4PS. The maximum absolute atomic E-state index is 8.77. The summed E-state index contributed by atoms with van der Waals surface area (Å²) in [5.74, 6) is 0.792. The predicted octanol–water partition coefficient (Wildman–Crippen LogP) is -4.68. The summed E-state index contributed by atoms with van der Waals surface area (Å²) in [4.78, 5) is 22.9. The summed E-state index contributed by atoms with van der Waals surface area (Å²) >= 11 is 3.80. The summed E-state index contributed by atoms with van der Waals surface area (Å²) in [6.07, 6.45) is 0. The average Bonchev–Trinajstić information content (AvgIpc) is 1.61. The second-order valence-electron chi connectivity index (χ2n) is 1.00. The normalized spacial score (nSPS) is 8.90. The van der Waals surface area contributed by atoms with E-state index in [1.165, 1.54) is 0 Å². The van der Waals surface area contributed by atoms with Gasteiger partial charge in [0.15, 0.2) is 0 Å². The molecule has 0 unspecified atom stereocenters. The van der Waals surface area contributed by atoms with Crippen LogP contribution in [0.15, 0.2) is 0 Å². The Balaban J connectivity index is -0.0000000910. The molecule has 0 amide bonds. The van der Waals surface area contributed by atoms with E-state index in [4.69, 9.17) is 25.0 Å². The molecule has 0 bridgehead atoms. The molecule has 0 rings (SSSR count). The van der Waals surface area contributed by atoms with E-state index in [0.29, 0.717) is 6.54 Å². The Morgan fingerprint density at radius 1 is 1.60 bits per heavy atom. The number of hydrogen-bond donors (Lipinski definition) is 4. The van der Waals surface area contributed by atoms with Crippen molar-refractivity contribution in [3.8, 4) is 0 Å². The van der Waals surface area contributed by atoms with Crippen molar-refractivity contribution in [2.45, 2.75) is 0 Å². The SMILES string of the molecule is NCCS.O=P([O-])(O)O.[Na+]. The van der Waals surface area contributed by atoms with Crippen molar-refractivity contribution >= 4 is 20.5 Å². The van der Waals surface area contributed by atoms with Crippen molar-refractivity contribution in [3.63, 3.8) is 0 Å². The van der Waals surface area contributed by atoms with Gasteiger partial charge in [0.05, 0.1) is 0 Å². The first-order chi connectivity index (χ1) is 3.91. The van der Waals surface area contributed by atoms with Crippen LogP contribution in [0, 0.1) is 0 Å². The second-order valence-corrected chi connectivity index (χ2v) is 2.43. The Kier molecular flexibility index (Phi) is 18.2. The van der Waals surface area contributed by atoms with Gasteiger partial charge in [-0.2, -0.15) is 12.6 Å². The predicted molar refractivity (Wildman–Crippen MR) is 35.0 cm³/mol. The first kappa shape index (κ1) is 17.5. The van der Waals surface area contributed by atoms with Gasteiger partial charge in [-0.05, 0) is 0 Å². The van der Waals surface area contributed by atoms with Gasteiger partial charge in [0, 0.05) is 12.3 Å². The molecule has 4 N–H and O–H groups in total. The fraction of sp³-hybridized carbons (Fsp3) is 1.00. The van der Waals surface area contributed by atoms with Crippen molar-refractivity contribution in [3.05, 3.63) is 0 Å². The van der Waals surface area contributed by atoms with E-state index in [-0.39, 0.29) is 29.6 Å². The zero-order valence-corrected chi connectivity index (χ0v) is 9.39. The molecule has 0 aromatic rings. The average molecular weight is 197 g/mol. The van der Waals surface area contributed by atoms with E-state index >= 15 is 0 Å². The van der Waals surface area contributed by atoms with Crippen LogP contribution in [0.5, 0.6) is 0 Å². The molecule has 0 spiro atoms. The first-order valence-electron chi connectivity index (χ1n) is 1.99. The Morgan fingerprint density at radius 3 is 1.70 bits per heavy atom. The third-order valence-corrected chi connectivity index (χ3v) is 0.387. The van der Waals surface area contributed by atoms with Gasteiger partial charge in [0.2, 0.25) is 0 Å². The van der Waals surface area contributed by atoms with Crippen molar-refractivity contribution in [2.75, 3.05) is 12.3 Å². The van der Waals surface area contributed by atoms with E-state index in [2.05, 4.69) is 12.6 Å². The van der Waals surface area contributed by atoms with Crippen LogP contribution in [-0.2, 0) is 4.57 Å². The van der Waals surface area contributed by atoms with Crippen molar-refractivity contribution in [2.24, 2.45) is 5.73 Å². The van der Waals surface area contributed by atoms with Crippen molar-refractivity contribution in [1.29, 1.82) is 0 Å². The maximum Gasteiger partial charge on any atom is 1.00 e. The zero-order chi connectivity index (χ0) is 7.91. The molecule has 10 heavy (non-hydrogen) atoms. The molecule has 0 aromatic carbocycles. The quantitative estimate of drug-likeness (QED) is 0.192. The summed E-state index contributed by atoms with van der Waals surface area (Å²) in [5.41, 5.74) is 4.95. The van der Waals surface area contributed by atoms with Gasteiger partial charge in [0.1, 0.15) is 0 Å². The molecule has 0 aliphatic heterocycles. The van der Waals surface area contributed by atoms with Crippen LogP contribution in [0.2, 0.25) is 0 Å². The topological polar surface area (TPSA) is 107 Å². The molecule has 0 radical (unpaired) electrons. The summed E-state index contributed by atoms with van der Waals surface area (Å²) < 4.78 is 8.77. The second kappa shape index (κ2) is 10.4. The Bertz CT molecular complexity index is 87.0. The Hall–Kier alpha value is 1.42. The zero-order valence-electron chi connectivity index (χ0n) is 5.60. The largest absolute Gasteiger partial charge is 1.00 e. The van der Waals surface area contributed by atoms with Gasteiger partial charge in [0.25, 0.3) is 7.82 Å². The molecular weight excluding hydrogens is 188 g/mol. The van der Waals surface area contributed by atoms with Gasteiger partial charge in [-0.1, -0.05) is 0 Å². The molecule has 58 valence electrons. The van der Waals surface area contributed by atoms with Crippen LogP contribution in [0.1, 0.15) is 0 Å². The van der Waals surface area contributed by atoms with Crippen molar-refractivity contribution < 1.29 is 48.8 Å². The third kappa shape index (κ3) is 114. The Morgan fingerprint density at radius 2 is 1.70 bits per heavy atom. The molecule has 0 saturated heterocycles. The van der Waals surface area contributed by atoms with Crippen LogP contribution in [0.3, 0.4) is 0 Å². The molecule has 0 fully saturated rings. The van der Waals surface area contributed by atoms with E-state index in [0.717, 1.165) is 5.75 Å². The van der Waals surface area contributed by atoms with Crippen LogP contribution < -0.4 is 40.2 Å². The van der Waals surface area contributed by atoms with E-state index in [1.807, 2.05) is 0 Å². The van der Waals surface area contributed by atoms with Crippen LogP contribution in [-0.4, -0.2) is 22.1 Å². The van der Waals surface area contributed by atoms with E-state index in [9.17, 15) is 0 Å². The van der Waals surface area contributed by atoms with Gasteiger partial charge in [-0.15, -0.1) is 0 Å². The fourth-order valence-electron chi connectivity index (χ4n) is 0. The van der Waals surface area contributed by atoms with Gasteiger partial charge in [-0.25, -0.2) is 0 Å². The number of thiol groups is 1. The number of nitrogens with two attached hydrogens (primary N) is 1. The van der Waals surface area contributed by atoms with E-state index < -0.39 is 7.82 Å². The van der Waals surface area contributed by atoms with Gasteiger partial charge in [-0.3, -0.25) is 4.57 Å². The Labute approximate surface area is 87.0 Å². The number of phosphoric acid groups is 1. The molecule has 8 heteroatoms. The molecule has 0 heterocycles. The minimum absolute atomic E-state index is 0. The maximum atomic E-state index is 8.77. The molecule has 0 aliphatic carbocycles. The molecule has 0 aromatic heterocycles. The van der Waals surface area contributed by atoms with Gasteiger partial charge < -0.3 is 20.4 Å². The molecule has 0 aliphatic rings. The minimum Gasteiger partial charge on any atom is -0.756 e. The van der Waals surface area contributed by atoms with Crippen LogP contribution >= 0.6 is 20.5 Å². The first-order valence-corrected chi connectivity index (χ1v) is 4.15. The van der Waals surface area contributed by atoms with Crippen molar-refractivity contribution in [1.82, 2.24) is 0 Å². The third-order valence-electron chi connectivity index (χ3n) is 0.129. The number of rotatable bonds is 1. The molecule has 5 nitrogen and oxygen atoms in total. The summed E-state index contributed by atoms with van der Waals surface area (Å²) in [6, 6.07) is 0. The summed E-state index contributed by atoms with van der Waals surface area (Å²) in [6.45, 7) is 0.684. The molecule has 0 atom stereocenters. The standard InChI is InChI=1S/C2H7NS.Na.H3O4P/c3-1-2-4;;1-5(2,3)4/h4H,1-3H2;;(H3,1,2,3,4)/q;+1;/p-1.